The van der Waals surface area contributed by atoms with Crippen LogP contribution in [0.4, 0.5) is 4.39 Å². The molecule has 21 heavy (non-hydrogen) atoms. The number of piperidine rings is 1. The maximum atomic E-state index is 14.4. The van der Waals surface area contributed by atoms with Gasteiger partial charge in [0.05, 0.1) is 5.39 Å². The van der Waals surface area contributed by atoms with E-state index in [2.05, 4.69) is 5.32 Å². The molecule has 1 N–H and O–H groups in total. The van der Waals surface area contributed by atoms with E-state index in [4.69, 9.17) is 0 Å². The van der Waals surface area contributed by atoms with Gasteiger partial charge in [-0.25, -0.2) is 4.39 Å². The summed E-state index contributed by atoms with van der Waals surface area (Å²) in [6.45, 7) is 1.78. The Kier molecular flexibility index (Phi) is 3.07. The standard InChI is InChI=1S/C17H19FN2O/c18-15-9-13(11-3-4-11)8-12-5-7-20(17(21)16(12)15)14-2-1-6-19-10-14/h5,7-9,11,14,19H,1-4,6,10H2. The summed E-state index contributed by atoms with van der Waals surface area (Å²) in [6, 6.07) is 5.57. The van der Waals surface area contributed by atoms with E-state index in [1.807, 2.05) is 18.3 Å². The molecule has 1 aliphatic carbocycles. The van der Waals surface area contributed by atoms with Crippen molar-refractivity contribution in [1.82, 2.24) is 9.88 Å². The van der Waals surface area contributed by atoms with Gasteiger partial charge in [-0.3, -0.25) is 4.79 Å². The molecular weight excluding hydrogens is 267 g/mol. The molecule has 0 bridgehead atoms. The van der Waals surface area contributed by atoms with Crippen molar-refractivity contribution in [1.29, 1.82) is 0 Å². The van der Waals surface area contributed by atoms with Crippen LogP contribution in [0.1, 0.15) is 43.2 Å². The minimum atomic E-state index is -0.363. The smallest absolute Gasteiger partial charge is 0.261 e. The molecular formula is C17H19FN2O. The number of hydrogen-bond donors (Lipinski definition) is 1. The van der Waals surface area contributed by atoms with Crippen LogP contribution >= 0.6 is 0 Å². The van der Waals surface area contributed by atoms with Crippen molar-refractivity contribution >= 4 is 10.8 Å². The van der Waals surface area contributed by atoms with Crippen LogP contribution in [0.5, 0.6) is 0 Å². The minimum absolute atomic E-state index is 0.137. The van der Waals surface area contributed by atoms with Gasteiger partial charge in [-0.15, -0.1) is 0 Å². The molecule has 2 aromatic rings. The van der Waals surface area contributed by atoms with Crippen LogP contribution < -0.4 is 10.9 Å². The van der Waals surface area contributed by atoms with Crippen LogP contribution in [0.3, 0.4) is 0 Å². The zero-order valence-corrected chi connectivity index (χ0v) is 11.9. The Morgan fingerprint density at radius 3 is 2.81 bits per heavy atom. The van der Waals surface area contributed by atoms with Crippen molar-refractivity contribution in [3.8, 4) is 0 Å². The molecule has 2 heterocycles. The van der Waals surface area contributed by atoms with Crippen LogP contribution in [0.2, 0.25) is 0 Å². The summed E-state index contributed by atoms with van der Waals surface area (Å²) >= 11 is 0. The van der Waals surface area contributed by atoms with Gasteiger partial charge >= 0.3 is 0 Å². The fraction of sp³-hybridized carbons (Fsp3) is 0.471. The fourth-order valence-corrected chi connectivity index (χ4v) is 3.38. The summed E-state index contributed by atoms with van der Waals surface area (Å²) in [6.07, 6.45) is 6.13. The molecule has 2 fully saturated rings. The average molecular weight is 286 g/mol. The summed E-state index contributed by atoms with van der Waals surface area (Å²) in [7, 11) is 0. The molecule has 1 atom stereocenters. The Morgan fingerprint density at radius 2 is 2.10 bits per heavy atom. The quantitative estimate of drug-likeness (QED) is 0.921. The van der Waals surface area contributed by atoms with Crippen LogP contribution in [-0.2, 0) is 0 Å². The number of benzene rings is 1. The number of fused-ring (bicyclic) bond motifs is 1. The molecule has 1 saturated carbocycles. The zero-order chi connectivity index (χ0) is 14.4. The van der Waals surface area contributed by atoms with E-state index in [-0.39, 0.29) is 22.8 Å². The predicted molar refractivity (Wildman–Crippen MR) is 81.3 cm³/mol. The highest BCUT2D eigenvalue weighted by Gasteiger charge is 2.25. The van der Waals surface area contributed by atoms with E-state index in [0.717, 1.165) is 49.7 Å². The van der Waals surface area contributed by atoms with Crippen molar-refractivity contribution in [2.75, 3.05) is 13.1 Å². The molecule has 1 aromatic carbocycles. The second-order valence-electron chi connectivity index (χ2n) is 6.27. The molecule has 0 spiro atoms. The third-order valence-electron chi connectivity index (χ3n) is 4.72. The first-order chi connectivity index (χ1) is 10.2. The number of pyridine rings is 1. The largest absolute Gasteiger partial charge is 0.315 e. The molecule has 0 amide bonds. The molecule has 1 unspecified atom stereocenters. The Bertz CT molecular complexity index is 742. The maximum absolute atomic E-state index is 14.4. The van der Waals surface area contributed by atoms with Crippen molar-refractivity contribution in [2.24, 2.45) is 0 Å². The minimum Gasteiger partial charge on any atom is -0.315 e. The molecule has 2 aliphatic rings. The summed E-state index contributed by atoms with van der Waals surface area (Å²) in [5.41, 5.74) is 0.845. The molecule has 0 radical (unpaired) electrons. The normalized spacial score (nSPS) is 22.6. The highest BCUT2D eigenvalue weighted by atomic mass is 19.1. The number of nitrogens with zero attached hydrogens (tertiary/aromatic N) is 1. The Balaban J connectivity index is 1.84. The maximum Gasteiger partial charge on any atom is 0.261 e. The topological polar surface area (TPSA) is 34.0 Å². The van der Waals surface area contributed by atoms with Crippen molar-refractivity contribution in [3.05, 3.63) is 46.1 Å². The highest BCUT2D eigenvalue weighted by molar-refractivity contribution is 5.83. The van der Waals surface area contributed by atoms with E-state index < -0.39 is 0 Å². The number of aromatic nitrogens is 1. The Labute approximate surface area is 122 Å². The lowest BCUT2D eigenvalue weighted by Gasteiger charge is -2.25. The average Bonchev–Trinajstić information content (AvgIpc) is 3.32. The first-order valence-corrected chi connectivity index (χ1v) is 7.79. The highest BCUT2D eigenvalue weighted by Crippen LogP contribution is 2.41. The second-order valence-corrected chi connectivity index (χ2v) is 6.27. The van der Waals surface area contributed by atoms with E-state index >= 15 is 0 Å². The first-order valence-electron chi connectivity index (χ1n) is 7.79. The van der Waals surface area contributed by atoms with E-state index in [1.165, 1.54) is 0 Å². The van der Waals surface area contributed by atoms with E-state index in [9.17, 15) is 9.18 Å². The number of nitrogens with one attached hydrogen (secondary N) is 1. The van der Waals surface area contributed by atoms with Crippen LogP contribution in [-0.4, -0.2) is 17.7 Å². The third-order valence-corrected chi connectivity index (χ3v) is 4.72. The number of hydrogen-bond acceptors (Lipinski definition) is 2. The van der Waals surface area contributed by atoms with Gasteiger partial charge in [0.2, 0.25) is 0 Å². The van der Waals surface area contributed by atoms with Gasteiger partial charge in [-0.05, 0) is 61.2 Å². The summed E-state index contributed by atoms with van der Waals surface area (Å²) in [5, 5.41) is 4.28. The Hall–Kier alpha value is -1.68. The van der Waals surface area contributed by atoms with Gasteiger partial charge in [0.1, 0.15) is 5.82 Å². The lowest BCUT2D eigenvalue weighted by atomic mass is 10.0. The lowest BCUT2D eigenvalue weighted by Crippen LogP contribution is -2.36. The fourth-order valence-electron chi connectivity index (χ4n) is 3.38. The molecule has 1 aromatic heterocycles. The van der Waals surface area contributed by atoms with E-state index in [1.54, 1.807) is 10.6 Å². The zero-order valence-electron chi connectivity index (χ0n) is 11.9. The molecule has 110 valence electrons. The van der Waals surface area contributed by atoms with Crippen molar-refractivity contribution in [2.45, 2.75) is 37.6 Å². The second kappa shape index (κ2) is 4.95. The van der Waals surface area contributed by atoms with Gasteiger partial charge in [0.15, 0.2) is 0 Å². The number of halogens is 1. The van der Waals surface area contributed by atoms with Gasteiger partial charge in [-0.2, -0.15) is 0 Å². The van der Waals surface area contributed by atoms with Gasteiger partial charge < -0.3 is 9.88 Å². The van der Waals surface area contributed by atoms with E-state index in [0.29, 0.717) is 5.92 Å². The SMILES string of the molecule is O=c1c2c(F)cc(C3CC3)cc2ccn1C1CCCNC1. The van der Waals surface area contributed by atoms with Crippen LogP contribution in [0.25, 0.3) is 10.8 Å². The van der Waals surface area contributed by atoms with Crippen molar-refractivity contribution in [3.63, 3.8) is 0 Å². The molecule has 3 nitrogen and oxygen atoms in total. The van der Waals surface area contributed by atoms with Gasteiger partial charge in [0.25, 0.3) is 5.56 Å². The van der Waals surface area contributed by atoms with Crippen LogP contribution in [0, 0.1) is 5.82 Å². The summed E-state index contributed by atoms with van der Waals surface area (Å²) < 4.78 is 16.1. The molecule has 1 aliphatic heterocycles. The molecule has 1 saturated heterocycles. The first kappa shape index (κ1) is 13.0. The van der Waals surface area contributed by atoms with Gasteiger partial charge in [-0.1, -0.05) is 6.07 Å². The third kappa shape index (κ3) is 2.27. The van der Waals surface area contributed by atoms with Gasteiger partial charge in [0, 0.05) is 18.8 Å². The van der Waals surface area contributed by atoms with Crippen LogP contribution in [0.15, 0.2) is 29.2 Å². The lowest BCUT2D eigenvalue weighted by molar-refractivity contribution is 0.365. The summed E-state index contributed by atoms with van der Waals surface area (Å²) in [4.78, 5) is 12.6. The predicted octanol–water partition coefficient (Wildman–Crippen LogP) is 2.94. The molecule has 4 rings (SSSR count). The Morgan fingerprint density at radius 1 is 1.24 bits per heavy atom. The monoisotopic (exact) mass is 286 g/mol. The van der Waals surface area contributed by atoms with Crippen molar-refractivity contribution < 1.29 is 4.39 Å². The number of rotatable bonds is 2. The summed E-state index contributed by atoms with van der Waals surface area (Å²) in [5.74, 6) is 0.131. The molecule has 4 heteroatoms.